The van der Waals surface area contributed by atoms with E-state index in [1.807, 2.05) is 12.3 Å². The number of aromatic nitrogens is 3. The molecule has 4 nitrogen and oxygen atoms in total. The molecule has 0 fully saturated rings. The molecule has 0 saturated carbocycles. The van der Waals surface area contributed by atoms with Crippen LogP contribution in [0.3, 0.4) is 0 Å². The molecule has 0 aliphatic carbocycles. The molecule has 0 aliphatic rings. The zero-order chi connectivity index (χ0) is 9.97. The van der Waals surface area contributed by atoms with Crippen LogP contribution in [0.1, 0.15) is 11.9 Å². The molecule has 1 N–H and O–H groups in total. The van der Waals surface area contributed by atoms with Crippen molar-refractivity contribution in [2.45, 2.75) is 13.3 Å². The summed E-state index contributed by atoms with van der Waals surface area (Å²) in [6.45, 7) is 2.05. The number of rotatable bonds is 2. The Labute approximate surface area is 84.7 Å². The second-order valence-corrected chi connectivity index (χ2v) is 3.71. The predicted molar refractivity (Wildman–Crippen MR) is 55.3 cm³/mol. The van der Waals surface area contributed by atoms with Gasteiger partial charge in [0.05, 0.1) is 5.01 Å². The molecule has 0 saturated heterocycles. The lowest BCUT2D eigenvalue weighted by atomic mass is 10.4. The van der Waals surface area contributed by atoms with E-state index in [0.29, 0.717) is 5.82 Å². The molecule has 2 aromatic rings. The number of nitrogens with one attached hydrogen (secondary N) is 1. The van der Waals surface area contributed by atoms with Gasteiger partial charge in [-0.15, -0.1) is 11.3 Å². The monoisotopic (exact) mass is 207 g/mol. The minimum atomic E-state index is -0.152. The maximum absolute atomic E-state index is 11.0. The Morgan fingerprint density at radius 1 is 1.57 bits per heavy atom. The van der Waals surface area contributed by atoms with Crippen LogP contribution >= 0.6 is 11.3 Å². The van der Waals surface area contributed by atoms with E-state index in [4.69, 9.17) is 0 Å². The van der Waals surface area contributed by atoms with E-state index in [-0.39, 0.29) is 5.56 Å². The van der Waals surface area contributed by atoms with Crippen molar-refractivity contribution in [3.05, 3.63) is 33.0 Å². The summed E-state index contributed by atoms with van der Waals surface area (Å²) < 4.78 is 0. The summed E-state index contributed by atoms with van der Waals surface area (Å²) in [5.74, 6) is 0.536. The minimum Gasteiger partial charge on any atom is -0.305 e. The van der Waals surface area contributed by atoms with Gasteiger partial charge in [0.2, 0.25) is 0 Å². The fourth-order valence-corrected chi connectivity index (χ4v) is 1.81. The van der Waals surface area contributed by atoms with Crippen molar-refractivity contribution in [3.8, 4) is 11.5 Å². The Morgan fingerprint density at radius 2 is 2.43 bits per heavy atom. The van der Waals surface area contributed by atoms with Crippen LogP contribution in [0.2, 0.25) is 0 Å². The van der Waals surface area contributed by atoms with Gasteiger partial charge in [0.25, 0.3) is 5.56 Å². The SMILES string of the molecule is CCc1nc(-c2nccc(=O)[nH]2)cs1. The van der Waals surface area contributed by atoms with Gasteiger partial charge < -0.3 is 4.98 Å². The van der Waals surface area contributed by atoms with E-state index in [2.05, 4.69) is 15.0 Å². The highest BCUT2D eigenvalue weighted by Gasteiger charge is 2.04. The highest BCUT2D eigenvalue weighted by Crippen LogP contribution is 2.17. The quantitative estimate of drug-likeness (QED) is 0.811. The lowest BCUT2D eigenvalue weighted by Gasteiger charge is -1.92. The first-order valence-corrected chi connectivity index (χ1v) is 5.17. The Kier molecular flexibility index (Phi) is 2.41. The van der Waals surface area contributed by atoms with Crippen molar-refractivity contribution in [3.63, 3.8) is 0 Å². The molecule has 2 aromatic heterocycles. The lowest BCUT2D eigenvalue weighted by molar-refractivity contribution is 1.06. The average Bonchev–Trinajstić information content (AvgIpc) is 2.66. The first kappa shape index (κ1) is 9.08. The zero-order valence-corrected chi connectivity index (χ0v) is 8.47. The molecule has 0 aromatic carbocycles. The number of hydrogen-bond acceptors (Lipinski definition) is 4. The molecular weight excluding hydrogens is 198 g/mol. The molecule has 0 amide bonds. The van der Waals surface area contributed by atoms with Gasteiger partial charge in [-0.05, 0) is 6.42 Å². The molecule has 2 rings (SSSR count). The largest absolute Gasteiger partial charge is 0.305 e. The molecule has 0 aliphatic heterocycles. The van der Waals surface area contributed by atoms with Crippen LogP contribution in [0.5, 0.6) is 0 Å². The molecule has 0 atom stereocenters. The van der Waals surface area contributed by atoms with Gasteiger partial charge in [0.15, 0.2) is 5.82 Å². The summed E-state index contributed by atoms with van der Waals surface area (Å²) in [7, 11) is 0. The summed E-state index contributed by atoms with van der Waals surface area (Å²) >= 11 is 1.58. The van der Waals surface area contributed by atoms with Crippen LogP contribution in [0, 0.1) is 0 Å². The molecule has 2 heterocycles. The van der Waals surface area contributed by atoms with Crippen LogP contribution < -0.4 is 5.56 Å². The van der Waals surface area contributed by atoms with E-state index in [1.54, 1.807) is 11.3 Å². The Balaban J connectivity index is 2.44. The van der Waals surface area contributed by atoms with Gasteiger partial charge in [-0.25, -0.2) is 9.97 Å². The van der Waals surface area contributed by atoms with Gasteiger partial charge in [0, 0.05) is 17.6 Å². The summed E-state index contributed by atoms with van der Waals surface area (Å²) in [6, 6.07) is 1.39. The number of hydrogen-bond donors (Lipinski definition) is 1. The lowest BCUT2D eigenvalue weighted by Crippen LogP contribution is -2.05. The van der Waals surface area contributed by atoms with Crippen molar-refractivity contribution < 1.29 is 0 Å². The number of H-pyrrole nitrogens is 1. The number of aromatic amines is 1. The standard InChI is InChI=1S/C9H9N3OS/c1-2-8-11-6(5-14-8)9-10-4-3-7(13)12-9/h3-5H,2H2,1H3,(H,10,12,13). The topological polar surface area (TPSA) is 58.6 Å². The van der Waals surface area contributed by atoms with Crippen molar-refractivity contribution >= 4 is 11.3 Å². The van der Waals surface area contributed by atoms with Gasteiger partial charge in [-0.2, -0.15) is 0 Å². The number of thiazole rings is 1. The first-order chi connectivity index (χ1) is 6.79. The predicted octanol–water partition coefficient (Wildman–Crippen LogP) is 1.46. The van der Waals surface area contributed by atoms with Crippen LogP contribution in [-0.4, -0.2) is 15.0 Å². The summed E-state index contributed by atoms with van der Waals surface area (Å²) in [6.07, 6.45) is 2.39. The molecule has 72 valence electrons. The van der Waals surface area contributed by atoms with E-state index in [1.165, 1.54) is 12.3 Å². The molecule has 0 spiro atoms. The third kappa shape index (κ3) is 1.72. The van der Waals surface area contributed by atoms with Gasteiger partial charge in [-0.3, -0.25) is 4.79 Å². The summed E-state index contributed by atoms with van der Waals surface area (Å²) in [4.78, 5) is 22.0. The van der Waals surface area contributed by atoms with Gasteiger partial charge in [0.1, 0.15) is 5.69 Å². The molecule has 0 radical (unpaired) electrons. The van der Waals surface area contributed by atoms with Crippen molar-refractivity contribution in [2.24, 2.45) is 0 Å². The zero-order valence-electron chi connectivity index (χ0n) is 7.65. The molecule has 14 heavy (non-hydrogen) atoms. The van der Waals surface area contributed by atoms with Gasteiger partial charge >= 0.3 is 0 Å². The highest BCUT2D eigenvalue weighted by molar-refractivity contribution is 7.09. The molecule has 0 unspecified atom stereocenters. The smallest absolute Gasteiger partial charge is 0.251 e. The second kappa shape index (κ2) is 3.71. The van der Waals surface area contributed by atoms with E-state index < -0.39 is 0 Å². The minimum absolute atomic E-state index is 0.152. The van der Waals surface area contributed by atoms with Crippen LogP contribution in [0.15, 0.2) is 22.4 Å². The average molecular weight is 207 g/mol. The van der Waals surface area contributed by atoms with Crippen LogP contribution in [0.25, 0.3) is 11.5 Å². The highest BCUT2D eigenvalue weighted by atomic mass is 32.1. The molecule has 0 bridgehead atoms. The third-order valence-electron chi connectivity index (χ3n) is 1.77. The van der Waals surface area contributed by atoms with Crippen molar-refractivity contribution in [1.29, 1.82) is 0 Å². The fraction of sp³-hybridized carbons (Fsp3) is 0.222. The Bertz CT molecular complexity index is 489. The Morgan fingerprint density at radius 3 is 3.07 bits per heavy atom. The van der Waals surface area contributed by atoms with E-state index in [9.17, 15) is 4.79 Å². The number of aryl methyl sites for hydroxylation is 1. The van der Waals surface area contributed by atoms with E-state index in [0.717, 1.165) is 17.1 Å². The van der Waals surface area contributed by atoms with Crippen molar-refractivity contribution in [2.75, 3.05) is 0 Å². The van der Waals surface area contributed by atoms with E-state index >= 15 is 0 Å². The maximum atomic E-state index is 11.0. The summed E-state index contributed by atoms with van der Waals surface area (Å²) in [5, 5.41) is 2.95. The Hall–Kier alpha value is -1.49. The number of nitrogens with zero attached hydrogens (tertiary/aromatic N) is 2. The molecular formula is C9H9N3OS. The second-order valence-electron chi connectivity index (χ2n) is 2.76. The molecule has 5 heteroatoms. The normalized spacial score (nSPS) is 10.4. The van der Waals surface area contributed by atoms with Crippen LogP contribution in [0.4, 0.5) is 0 Å². The summed E-state index contributed by atoms with van der Waals surface area (Å²) in [5.41, 5.74) is 0.589. The van der Waals surface area contributed by atoms with Gasteiger partial charge in [-0.1, -0.05) is 6.92 Å². The first-order valence-electron chi connectivity index (χ1n) is 4.29. The maximum Gasteiger partial charge on any atom is 0.251 e. The third-order valence-corrected chi connectivity index (χ3v) is 2.76. The van der Waals surface area contributed by atoms with Crippen LogP contribution in [-0.2, 0) is 6.42 Å². The fourth-order valence-electron chi connectivity index (χ4n) is 1.08. The van der Waals surface area contributed by atoms with Crippen molar-refractivity contribution in [1.82, 2.24) is 15.0 Å².